The monoisotopic (exact) mass is 394 g/mol. The topological polar surface area (TPSA) is 55.9 Å². The fourth-order valence-corrected chi connectivity index (χ4v) is 3.39. The molecule has 154 valence electrons. The van der Waals surface area contributed by atoms with Crippen molar-refractivity contribution in [3.8, 4) is 0 Å². The average Bonchev–Trinajstić information content (AvgIpc) is 2.71. The van der Waals surface area contributed by atoms with Gasteiger partial charge in [-0.15, -0.1) is 0 Å². The van der Waals surface area contributed by atoms with Crippen LogP contribution in [0.2, 0.25) is 0 Å². The normalized spacial score (nSPS) is 14.4. The molecule has 29 heavy (non-hydrogen) atoms. The molecule has 1 aliphatic heterocycles. The molecule has 1 saturated heterocycles. The summed E-state index contributed by atoms with van der Waals surface area (Å²) in [5.74, 6) is -0.116. The Hall–Kier alpha value is -2.86. The van der Waals surface area contributed by atoms with Crippen molar-refractivity contribution in [1.29, 1.82) is 0 Å². The van der Waals surface area contributed by atoms with Gasteiger partial charge in [-0.25, -0.2) is 4.79 Å². The SMILES string of the molecule is Cc1ccc(CN2CCCN(c3cccc(C(=O)NCCN(C)C)c3)C2=O)cc1. The lowest BCUT2D eigenvalue weighted by Gasteiger charge is -2.36. The van der Waals surface area contributed by atoms with Crippen molar-refractivity contribution in [2.24, 2.45) is 0 Å². The lowest BCUT2D eigenvalue weighted by Crippen LogP contribution is -2.49. The third kappa shape index (κ3) is 5.57. The molecule has 0 atom stereocenters. The molecular formula is C23H30N4O2. The summed E-state index contributed by atoms with van der Waals surface area (Å²) in [5, 5.41) is 2.92. The van der Waals surface area contributed by atoms with E-state index < -0.39 is 0 Å². The predicted molar refractivity (Wildman–Crippen MR) is 116 cm³/mol. The van der Waals surface area contributed by atoms with Gasteiger partial charge < -0.3 is 15.1 Å². The van der Waals surface area contributed by atoms with Crippen LogP contribution in [0.4, 0.5) is 10.5 Å². The van der Waals surface area contributed by atoms with Crippen molar-refractivity contribution < 1.29 is 9.59 Å². The Labute approximate surface area is 173 Å². The van der Waals surface area contributed by atoms with E-state index in [1.54, 1.807) is 17.0 Å². The molecule has 0 bridgehead atoms. The molecule has 1 heterocycles. The van der Waals surface area contributed by atoms with Gasteiger partial charge in [0.2, 0.25) is 0 Å². The quantitative estimate of drug-likeness (QED) is 0.785. The number of urea groups is 1. The van der Waals surface area contributed by atoms with E-state index in [1.807, 2.05) is 36.0 Å². The summed E-state index contributed by atoms with van der Waals surface area (Å²) in [6, 6.07) is 15.6. The van der Waals surface area contributed by atoms with Crippen LogP contribution in [0.5, 0.6) is 0 Å². The highest BCUT2D eigenvalue weighted by molar-refractivity contribution is 5.98. The fraction of sp³-hybridized carbons (Fsp3) is 0.391. The second kappa shape index (κ2) is 9.56. The molecule has 0 aromatic heterocycles. The highest BCUT2D eigenvalue weighted by Crippen LogP contribution is 2.22. The number of rotatable bonds is 7. The molecule has 3 amide bonds. The smallest absolute Gasteiger partial charge is 0.324 e. The predicted octanol–water partition coefficient (Wildman–Crippen LogP) is 3.12. The molecule has 1 aliphatic rings. The van der Waals surface area contributed by atoms with E-state index in [0.717, 1.165) is 30.8 Å². The highest BCUT2D eigenvalue weighted by Gasteiger charge is 2.27. The van der Waals surface area contributed by atoms with Crippen LogP contribution < -0.4 is 10.2 Å². The molecule has 6 nitrogen and oxygen atoms in total. The zero-order chi connectivity index (χ0) is 20.8. The van der Waals surface area contributed by atoms with Crippen LogP contribution in [0.3, 0.4) is 0 Å². The number of carbonyl (C=O) groups is 2. The number of nitrogens with zero attached hydrogens (tertiary/aromatic N) is 3. The number of aryl methyl sites for hydroxylation is 1. The maximum Gasteiger partial charge on any atom is 0.324 e. The molecule has 0 saturated carbocycles. The minimum atomic E-state index is -0.116. The lowest BCUT2D eigenvalue weighted by molar-refractivity contribution is 0.0951. The first-order valence-electron chi connectivity index (χ1n) is 10.1. The van der Waals surface area contributed by atoms with Crippen LogP contribution in [-0.4, -0.2) is 62.0 Å². The molecular weight excluding hydrogens is 364 g/mol. The molecule has 0 aliphatic carbocycles. The zero-order valence-corrected chi connectivity index (χ0v) is 17.5. The largest absolute Gasteiger partial charge is 0.351 e. The van der Waals surface area contributed by atoms with E-state index in [1.165, 1.54) is 5.56 Å². The van der Waals surface area contributed by atoms with E-state index in [4.69, 9.17) is 0 Å². The maximum atomic E-state index is 13.1. The third-order valence-electron chi connectivity index (χ3n) is 5.07. The molecule has 2 aromatic rings. The summed E-state index contributed by atoms with van der Waals surface area (Å²) in [6.07, 6.45) is 0.900. The van der Waals surface area contributed by atoms with E-state index in [-0.39, 0.29) is 11.9 Å². The van der Waals surface area contributed by atoms with Gasteiger partial charge in [-0.2, -0.15) is 0 Å². The van der Waals surface area contributed by atoms with Crippen molar-refractivity contribution in [3.63, 3.8) is 0 Å². The van der Waals surface area contributed by atoms with E-state index in [2.05, 4.69) is 36.5 Å². The van der Waals surface area contributed by atoms with Crippen molar-refractivity contribution >= 4 is 17.6 Å². The second-order valence-corrected chi connectivity index (χ2v) is 7.80. The first-order chi connectivity index (χ1) is 13.9. The summed E-state index contributed by atoms with van der Waals surface area (Å²) in [6.45, 7) is 5.43. The van der Waals surface area contributed by atoms with Crippen molar-refractivity contribution in [2.75, 3.05) is 45.2 Å². The van der Waals surface area contributed by atoms with Gasteiger partial charge in [-0.1, -0.05) is 35.9 Å². The van der Waals surface area contributed by atoms with Gasteiger partial charge in [0.25, 0.3) is 5.91 Å². The van der Waals surface area contributed by atoms with Gasteiger partial charge >= 0.3 is 6.03 Å². The number of anilines is 1. The fourth-order valence-electron chi connectivity index (χ4n) is 3.39. The van der Waals surface area contributed by atoms with Crippen LogP contribution in [0, 0.1) is 6.92 Å². The Kier molecular flexibility index (Phi) is 6.88. The highest BCUT2D eigenvalue weighted by atomic mass is 16.2. The molecule has 0 spiro atoms. The minimum absolute atomic E-state index is 0.0120. The number of benzene rings is 2. The summed E-state index contributed by atoms with van der Waals surface area (Å²) in [7, 11) is 3.94. The van der Waals surface area contributed by atoms with Gasteiger partial charge in [0, 0.05) is 44.0 Å². The summed E-state index contributed by atoms with van der Waals surface area (Å²) in [4.78, 5) is 31.2. The number of nitrogens with one attached hydrogen (secondary N) is 1. The first kappa shape index (κ1) is 20.9. The molecule has 1 N–H and O–H groups in total. The van der Waals surface area contributed by atoms with Crippen LogP contribution in [0.25, 0.3) is 0 Å². The summed E-state index contributed by atoms with van der Waals surface area (Å²) < 4.78 is 0. The van der Waals surface area contributed by atoms with Crippen molar-refractivity contribution in [1.82, 2.24) is 15.1 Å². The van der Waals surface area contributed by atoms with Gasteiger partial charge in [0.1, 0.15) is 0 Å². The van der Waals surface area contributed by atoms with Gasteiger partial charge in [-0.05, 0) is 51.2 Å². The Morgan fingerprint density at radius 3 is 2.59 bits per heavy atom. The van der Waals surface area contributed by atoms with E-state index >= 15 is 0 Å². The average molecular weight is 395 g/mol. The molecule has 0 unspecified atom stereocenters. The molecule has 1 fully saturated rings. The number of likely N-dealkylation sites (N-methyl/N-ethyl adjacent to an activating group) is 1. The van der Waals surface area contributed by atoms with Crippen molar-refractivity contribution in [3.05, 3.63) is 65.2 Å². The second-order valence-electron chi connectivity index (χ2n) is 7.80. The van der Waals surface area contributed by atoms with Gasteiger partial charge in [0.15, 0.2) is 0 Å². The number of carbonyl (C=O) groups excluding carboxylic acids is 2. The molecule has 6 heteroatoms. The minimum Gasteiger partial charge on any atom is -0.351 e. The Balaban J connectivity index is 1.68. The van der Waals surface area contributed by atoms with Crippen LogP contribution in [-0.2, 0) is 6.54 Å². The first-order valence-corrected chi connectivity index (χ1v) is 10.1. The Morgan fingerprint density at radius 1 is 1.10 bits per heavy atom. The van der Waals surface area contributed by atoms with Crippen LogP contribution in [0.1, 0.15) is 27.9 Å². The summed E-state index contributed by atoms with van der Waals surface area (Å²) >= 11 is 0. The summed E-state index contributed by atoms with van der Waals surface area (Å²) in [5.41, 5.74) is 3.68. The van der Waals surface area contributed by atoms with E-state index in [9.17, 15) is 9.59 Å². The number of hydrogen-bond donors (Lipinski definition) is 1. The Morgan fingerprint density at radius 2 is 1.86 bits per heavy atom. The third-order valence-corrected chi connectivity index (χ3v) is 5.07. The van der Waals surface area contributed by atoms with Crippen LogP contribution in [0.15, 0.2) is 48.5 Å². The molecule has 3 rings (SSSR count). The lowest BCUT2D eigenvalue weighted by atomic mass is 10.1. The van der Waals surface area contributed by atoms with Crippen LogP contribution >= 0.6 is 0 Å². The number of amides is 3. The standard InChI is InChI=1S/C23H30N4O2/c1-18-8-10-19(11-9-18)17-26-13-5-14-27(23(26)29)21-7-4-6-20(16-21)22(28)24-12-15-25(2)3/h4,6-11,16H,5,12-15,17H2,1-3H3,(H,24,28). The van der Waals surface area contributed by atoms with E-state index in [0.29, 0.717) is 25.2 Å². The molecule has 2 aromatic carbocycles. The van der Waals surface area contributed by atoms with Gasteiger partial charge in [0.05, 0.1) is 0 Å². The Bertz CT molecular complexity index is 848. The van der Waals surface area contributed by atoms with Crippen molar-refractivity contribution in [2.45, 2.75) is 19.9 Å². The molecule has 0 radical (unpaired) electrons. The maximum absolute atomic E-state index is 13.1. The number of hydrogen-bond acceptors (Lipinski definition) is 3. The zero-order valence-electron chi connectivity index (χ0n) is 17.5. The van der Waals surface area contributed by atoms with Gasteiger partial charge in [-0.3, -0.25) is 9.69 Å².